The van der Waals surface area contributed by atoms with E-state index in [0.29, 0.717) is 17.8 Å². The first kappa shape index (κ1) is 20.8. The van der Waals surface area contributed by atoms with Crippen LogP contribution in [-0.4, -0.2) is 43.4 Å². The third-order valence-electron chi connectivity index (χ3n) is 4.61. The molecule has 0 saturated carbocycles. The van der Waals surface area contributed by atoms with Crippen molar-refractivity contribution in [2.75, 3.05) is 20.6 Å². The molecule has 2 atom stereocenters. The van der Waals surface area contributed by atoms with Crippen molar-refractivity contribution in [1.29, 1.82) is 0 Å². The molecule has 0 saturated heterocycles. The van der Waals surface area contributed by atoms with Crippen LogP contribution in [0.15, 0.2) is 70.7 Å². The van der Waals surface area contributed by atoms with Crippen molar-refractivity contribution in [3.63, 3.8) is 0 Å². The SMILES string of the molecule is CN(C)[C@@H](CNC(=O)[C@H](Cc1ccccc1)NC(=O)c1cccs1)c1ccco1. The van der Waals surface area contributed by atoms with E-state index in [1.54, 1.807) is 12.3 Å². The fraction of sp³-hybridized carbons (Fsp3) is 0.273. The van der Waals surface area contributed by atoms with Gasteiger partial charge in [0.15, 0.2) is 0 Å². The standard InChI is InChI=1S/C22H25N3O3S/c1-25(2)18(19-10-6-12-28-19)15-23-21(26)17(14-16-8-4-3-5-9-16)24-22(27)20-11-7-13-29-20/h3-13,17-18H,14-15H2,1-2H3,(H,23,26)(H,24,27)/t17-,18-/m0/s1. The Labute approximate surface area is 174 Å². The third-order valence-corrected chi connectivity index (χ3v) is 5.48. The van der Waals surface area contributed by atoms with Gasteiger partial charge in [0.2, 0.25) is 5.91 Å². The number of nitrogens with zero attached hydrogens (tertiary/aromatic N) is 1. The van der Waals surface area contributed by atoms with E-state index in [0.717, 1.165) is 11.3 Å². The second kappa shape index (κ2) is 10.0. The molecule has 0 spiro atoms. The Morgan fingerprint density at radius 1 is 1.07 bits per heavy atom. The topological polar surface area (TPSA) is 74.6 Å². The molecule has 0 aliphatic carbocycles. The number of thiophene rings is 1. The maximum Gasteiger partial charge on any atom is 0.262 e. The molecule has 0 fully saturated rings. The highest BCUT2D eigenvalue weighted by Gasteiger charge is 2.24. The molecule has 29 heavy (non-hydrogen) atoms. The number of hydrogen-bond acceptors (Lipinski definition) is 5. The first-order chi connectivity index (χ1) is 14.0. The van der Waals surface area contributed by atoms with Crippen LogP contribution in [0, 0.1) is 0 Å². The van der Waals surface area contributed by atoms with Crippen molar-refractivity contribution >= 4 is 23.2 Å². The van der Waals surface area contributed by atoms with Gasteiger partial charge < -0.3 is 15.1 Å². The van der Waals surface area contributed by atoms with Gasteiger partial charge in [-0.15, -0.1) is 11.3 Å². The van der Waals surface area contributed by atoms with E-state index in [2.05, 4.69) is 10.6 Å². The molecule has 0 bridgehead atoms. The molecular formula is C22H25N3O3S. The van der Waals surface area contributed by atoms with Crippen LogP contribution in [0.2, 0.25) is 0 Å². The lowest BCUT2D eigenvalue weighted by Gasteiger charge is -2.24. The summed E-state index contributed by atoms with van der Waals surface area (Å²) >= 11 is 1.35. The van der Waals surface area contributed by atoms with Crippen LogP contribution in [0.3, 0.4) is 0 Å². The highest BCUT2D eigenvalue weighted by molar-refractivity contribution is 7.12. The van der Waals surface area contributed by atoms with Crippen LogP contribution < -0.4 is 10.6 Å². The lowest BCUT2D eigenvalue weighted by atomic mass is 10.0. The Bertz CT molecular complexity index is 893. The average molecular weight is 412 g/mol. The van der Waals surface area contributed by atoms with Gasteiger partial charge in [-0.25, -0.2) is 0 Å². The van der Waals surface area contributed by atoms with Crippen LogP contribution in [-0.2, 0) is 11.2 Å². The van der Waals surface area contributed by atoms with E-state index in [1.165, 1.54) is 11.3 Å². The lowest BCUT2D eigenvalue weighted by Crippen LogP contribution is -2.49. The summed E-state index contributed by atoms with van der Waals surface area (Å²) in [5.74, 6) is 0.306. The summed E-state index contributed by atoms with van der Waals surface area (Å²) in [4.78, 5) is 28.1. The fourth-order valence-electron chi connectivity index (χ4n) is 3.04. The van der Waals surface area contributed by atoms with Crippen molar-refractivity contribution in [3.05, 3.63) is 82.4 Å². The summed E-state index contributed by atoms with van der Waals surface area (Å²) in [7, 11) is 3.86. The predicted molar refractivity (Wildman–Crippen MR) is 114 cm³/mol. The number of furan rings is 1. The Morgan fingerprint density at radius 2 is 1.86 bits per heavy atom. The zero-order chi connectivity index (χ0) is 20.6. The van der Waals surface area contributed by atoms with Crippen molar-refractivity contribution in [2.24, 2.45) is 0 Å². The smallest absolute Gasteiger partial charge is 0.262 e. The molecule has 2 N–H and O–H groups in total. The van der Waals surface area contributed by atoms with Crippen LogP contribution in [0.1, 0.15) is 27.0 Å². The number of amides is 2. The molecule has 0 aliphatic rings. The molecule has 7 heteroatoms. The first-order valence-corrected chi connectivity index (χ1v) is 10.3. The molecule has 3 aromatic rings. The Balaban J connectivity index is 1.70. The van der Waals surface area contributed by atoms with Crippen molar-refractivity contribution in [3.8, 4) is 0 Å². The highest BCUT2D eigenvalue weighted by atomic mass is 32.1. The minimum absolute atomic E-state index is 0.0978. The van der Waals surface area contributed by atoms with Gasteiger partial charge in [0.25, 0.3) is 5.91 Å². The predicted octanol–water partition coefficient (Wildman–Crippen LogP) is 3.10. The van der Waals surface area contributed by atoms with Crippen molar-refractivity contribution in [2.45, 2.75) is 18.5 Å². The molecule has 2 amide bonds. The maximum atomic E-state index is 13.0. The molecule has 2 aromatic heterocycles. The second-order valence-corrected chi connectivity index (χ2v) is 7.88. The summed E-state index contributed by atoms with van der Waals surface area (Å²) in [5.41, 5.74) is 0.981. The minimum atomic E-state index is -0.675. The fourth-order valence-corrected chi connectivity index (χ4v) is 3.66. The first-order valence-electron chi connectivity index (χ1n) is 9.40. The van der Waals surface area contributed by atoms with Gasteiger partial charge >= 0.3 is 0 Å². The zero-order valence-electron chi connectivity index (χ0n) is 16.5. The summed E-state index contributed by atoms with van der Waals surface area (Å²) in [5, 5.41) is 7.69. The Hall–Kier alpha value is -2.90. The summed E-state index contributed by atoms with van der Waals surface area (Å²) in [6.45, 7) is 0.375. The van der Waals surface area contributed by atoms with Gasteiger partial charge in [-0.05, 0) is 43.2 Å². The van der Waals surface area contributed by atoms with E-state index in [1.807, 2.05) is 72.9 Å². The number of likely N-dealkylation sites (N-methyl/N-ethyl adjacent to an activating group) is 1. The summed E-state index contributed by atoms with van der Waals surface area (Å²) in [6.07, 6.45) is 2.03. The lowest BCUT2D eigenvalue weighted by molar-refractivity contribution is -0.123. The second-order valence-electron chi connectivity index (χ2n) is 6.93. The van der Waals surface area contributed by atoms with Gasteiger partial charge in [-0.1, -0.05) is 36.4 Å². The normalized spacial score (nSPS) is 13.1. The van der Waals surface area contributed by atoms with Crippen LogP contribution in [0.25, 0.3) is 0 Å². The molecule has 2 heterocycles. The molecular weight excluding hydrogens is 386 g/mol. The number of hydrogen-bond donors (Lipinski definition) is 2. The van der Waals surface area contributed by atoms with E-state index >= 15 is 0 Å². The quantitative estimate of drug-likeness (QED) is 0.567. The molecule has 6 nitrogen and oxygen atoms in total. The minimum Gasteiger partial charge on any atom is -0.468 e. The van der Waals surface area contributed by atoms with E-state index in [4.69, 9.17) is 4.42 Å². The van der Waals surface area contributed by atoms with Gasteiger partial charge in [0, 0.05) is 13.0 Å². The van der Waals surface area contributed by atoms with Crippen LogP contribution in [0.5, 0.6) is 0 Å². The zero-order valence-corrected chi connectivity index (χ0v) is 17.3. The molecule has 0 aliphatic heterocycles. The molecule has 3 rings (SSSR count). The number of carbonyl (C=O) groups excluding carboxylic acids is 2. The van der Waals surface area contributed by atoms with E-state index in [-0.39, 0.29) is 17.9 Å². The summed E-state index contributed by atoms with van der Waals surface area (Å²) in [6, 6.07) is 16.2. The number of carbonyl (C=O) groups is 2. The highest BCUT2D eigenvalue weighted by Crippen LogP contribution is 2.17. The largest absolute Gasteiger partial charge is 0.468 e. The number of benzene rings is 1. The van der Waals surface area contributed by atoms with Gasteiger partial charge in [0.05, 0.1) is 17.2 Å². The van der Waals surface area contributed by atoms with Crippen molar-refractivity contribution < 1.29 is 14.0 Å². The van der Waals surface area contributed by atoms with Gasteiger partial charge in [-0.2, -0.15) is 0 Å². The van der Waals surface area contributed by atoms with Gasteiger partial charge in [0.1, 0.15) is 11.8 Å². The molecule has 0 radical (unpaired) electrons. The average Bonchev–Trinajstić information content (AvgIpc) is 3.42. The molecule has 1 aromatic carbocycles. The number of nitrogens with one attached hydrogen (secondary N) is 2. The number of rotatable bonds is 9. The Morgan fingerprint density at radius 3 is 2.48 bits per heavy atom. The van der Waals surface area contributed by atoms with Gasteiger partial charge in [-0.3, -0.25) is 14.5 Å². The molecule has 152 valence electrons. The van der Waals surface area contributed by atoms with E-state index in [9.17, 15) is 9.59 Å². The summed E-state index contributed by atoms with van der Waals surface area (Å²) < 4.78 is 5.50. The monoisotopic (exact) mass is 411 g/mol. The molecule has 0 unspecified atom stereocenters. The Kier molecular flexibility index (Phi) is 7.21. The maximum absolute atomic E-state index is 13.0. The third kappa shape index (κ3) is 5.79. The van der Waals surface area contributed by atoms with Crippen LogP contribution in [0.4, 0.5) is 0 Å². The van der Waals surface area contributed by atoms with Crippen LogP contribution >= 0.6 is 11.3 Å². The van der Waals surface area contributed by atoms with Crippen molar-refractivity contribution in [1.82, 2.24) is 15.5 Å². The van der Waals surface area contributed by atoms with E-state index < -0.39 is 6.04 Å².